The number of carbonyl (C=O) groups excluding carboxylic acids is 3. The Bertz CT molecular complexity index is 887. The van der Waals surface area contributed by atoms with Gasteiger partial charge in [0.05, 0.1) is 19.1 Å². The number of rotatable bonds is 12. The van der Waals surface area contributed by atoms with Crippen LogP contribution in [0.25, 0.3) is 0 Å². The molecule has 0 bridgehead atoms. The number of hydrogen-bond acceptors (Lipinski definition) is 9. The van der Waals surface area contributed by atoms with Crippen molar-refractivity contribution in [2.45, 2.75) is 91.8 Å². The van der Waals surface area contributed by atoms with Crippen LogP contribution in [0.3, 0.4) is 0 Å². The van der Waals surface area contributed by atoms with Crippen LogP contribution in [0.1, 0.15) is 90.1 Å². The first-order chi connectivity index (χ1) is 17.7. The molecule has 0 saturated carbocycles. The molecule has 4 atom stereocenters. The Morgan fingerprint density at radius 1 is 1.22 bits per heavy atom. The molecule has 0 aromatic carbocycles. The fourth-order valence-electron chi connectivity index (χ4n) is 4.67. The minimum atomic E-state index is -0.613. The predicted octanol–water partition coefficient (Wildman–Crippen LogP) is 5.14. The van der Waals surface area contributed by atoms with Gasteiger partial charge in [0.1, 0.15) is 6.10 Å². The van der Waals surface area contributed by atoms with Gasteiger partial charge in [0, 0.05) is 32.2 Å². The quantitative estimate of drug-likeness (QED) is 0.210. The number of esters is 2. The zero-order chi connectivity index (χ0) is 27.4. The molecule has 1 aromatic rings. The van der Waals surface area contributed by atoms with E-state index in [0.717, 1.165) is 32.1 Å². The van der Waals surface area contributed by atoms with E-state index in [1.165, 1.54) is 20.2 Å². The first-order valence-electron chi connectivity index (χ1n) is 13.3. The van der Waals surface area contributed by atoms with Gasteiger partial charge in [-0.2, -0.15) is 0 Å². The molecule has 1 aliphatic rings. The normalized spacial score (nSPS) is 22.7. The second kappa shape index (κ2) is 15.5. The van der Waals surface area contributed by atoms with E-state index in [2.05, 4.69) is 25.8 Å². The van der Waals surface area contributed by atoms with Gasteiger partial charge >= 0.3 is 11.9 Å². The molecular formula is C28H43NO8. The van der Waals surface area contributed by atoms with Crippen molar-refractivity contribution in [3.05, 3.63) is 18.0 Å². The number of ketones is 1. The molecule has 0 aliphatic carbocycles. The van der Waals surface area contributed by atoms with Crippen molar-refractivity contribution in [1.29, 1.82) is 0 Å². The van der Waals surface area contributed by atoms with E-state index < -0.39 is 30.8 Å². The van der Waals surface area contributed by atoms with Crippen LogP contribution in [-0.2, 0) is 23.8 Å². The van der Waals surface area contributed by atoms with Crippen LogP contribution in [-0.4, -0.2) is 55.4 Å². The number of Topliss-reactive ketones (excluding diaryl/α,β-unsaturated/α-hetero) is 1. The van der Waals surface area contributed by atoms with E-state index in [-0.39, 0.29) is 35.5 Å². The molecule has 9 nitrogen and oxygen atoms in total. The Morgan fingerprint density at radius 3 is 2.59 bits per heavy atom. The Balaban J connectivity index is 2.20. The lowest BCUT2D eigenvalue weighted by atomic mass is 9.86. The highest BCUT2D eigenvalue weighted by Gasteiger charge is 2.34. The number of nitrogens with zero attached hydrogens (tertiary/aromatic N) is 1. The molecule has 1 fully saturated rings. The lowest BCUT2D eigenvalue weighted by molar-refractivity contribution is -0.166. The van der Waals surface area contributed by atoms with Gasteiger partial charge in [-0.15, -0.1) is 0 Å². The molecule has 1 aliphatic heterocycles. The van der Waals surface area contributed by atoms with E-state index in [1.807, 2.05) is 6.92 Å². The second-order valence-corrected chi connectivity index (χ2v) is 10.1. The molecule has 9 heteroatoms. The minimum Gasteiger partial charge on any atom is -0.493 e. The predicted molar refractivity (Wildman–Crippen MR) is 137 cm³/mol. The number of carbonyl (C=O) groups is 3. The van der Waals surface area contributed by atoms with Crippen molar-refractivity contribution >= 4 is 17.7 Å². The van der Waals surface area contributed by atoms with Gasteiger partial charge in [-0.25, -0.2) is 4.98 Å². The highest BCUT2D eigenvalue weighted by molar-refractivity contribution is 5.99. The average Bonchev–Trinajstić information content (AvgIpc) is 2.84. The summed E-state index contributed by atoms with van der Waals surface area (Å²) >= 11 is 0. The smallest absolute Gasteiger partial charge is 0.309 e. The maximum absolute atomic E-state index is 13.3. The highest BCUT2D eigenvalue weighted by atomic mass is 16.7. The second-order valence-electron chi connectivity index (χ2n) is 10.1. The molecule has 37 heavy (non-hydrogen) atoms. The van der Waals surface area contributed by atoms with Gasteiger partial charge in [-0.3, -0.25) is 14.4 Å². The lowest BCUT2D eigenvalue weighted by Gasteiger charge is -2.34. The Hall–Kier alpha value is -2.68. The summed E-state index contributed by atoms with van der Waals surface area (Å²) < 4.78 is 27.8. The largest absolute Gasteiger partial charge is 0.493 e. The van der Waals surface area contributed by atoms with Crippen LogP contribution in [0.2, 0.25) is 0 Å². The molecule has 1 saturated heterocycles. The van der Waals surface area contributed by atoms with Crippen LogP contribution < -0.4 is 9.47 Å². The summed E-state index contributed by atoms with van der Waals surface area (Å²) in [5, 5.41) is 0. The molecule has 0 N–H and O–H groups in total. The molecule has 0 unspecified atom stereocenters. The molecule has 0 spiro atoms. The first kappa shape index (κ1) is 30.5. The average molecular weight is 522 g/mol. The van der Waals surface area contributed by atoms with Crippen LogP contribution in [0.5, 0.6) is 11.5 Å². The van der Waals surface area contributed by atoms with Gasteiger partial charge in [0.15, 0.2) is 23.0 Å². The third-order valence-electron chi connectivity index (χ3n) is 6.47. The number of hydrogen-bond donors (Lipinski definition) is 0. The topological polar surface area (TPSA) is 110 Å². The molecule has 2 heterocycles. The van der Waals surface area contributed by atoms with E-state index >= 15 is 0 Å². The third-order valence-corrected chi connectivity index (χ3v) is 6.47. The Morgan fingerprint density at radius 2 is 1.95 bits per heavy atom. The van der Waals surface area contributed by atoms with Gasteiger partial charge in [-0.1, -0.05) is 40.0 Å². The van der Waals surface area contributed by atoms with Crippen molar-refractivity contribution in [3.63, 3.8) is 0 Å². The van der Waals surface area contributed by atoms with Crippen molar-refractivity contribution in [1.82, 2.24) is 4.98 Å². The highest BCUT2D eigenvalue weighted by Crippen LogP contribution is 2.33. The summed E-state index contributed by atoms with van der Waals surface area (Å²) in [5.74, 6) is -0.867. The number of methoxy groups -OCH3 is 1. The summed E-state index contributed by atoms with van der Waals surface area (Å²) in [7, 11) is 1.44. The van der Waals surface area contributed by atoms with E-state index in [1.54, 1.807) is 6.07 Å². The summed E-state index contributed by atoms with van der Waals surface area (Å²) in [4.78, 5) is 41.9. The van der Waals surface area contributed by atoms with E-state index in [4.69, 9.17) is 23.7 Å². The van der Waals surface area contributed by atoms with E-state index in [9.17, 15) is 14.4 Å². The fourth-order valence-corrected chi connectivity index (χ4v) is 4.67. The third kappa shape index (κ3) is 9.61. The number of pyridine rings is 1. The molecule has 2 rings (SSSR count). The molecule has 0 amide bonds. The van der Waals surface area contributed by atoms with Crippen LogP contribution in [0.15, 0.2) is 12.3 Å². The van der Waals surface area contributed by atoms with Crippen LogP contribution in [0.4, 0.5) is 0 Å². The Labute approximate surface area is 220 Å². The van der Waals surface area contributed by atoms with Crippen LogP contribution >= 0.6 is 0 Å². The maximum Gasteiger partial charge on any atom is 0.309 e. The monoisotopic (exact) mass is 521 g/mol. The molecule has 208 valence electrons. The summed E-state index contributed by atoms with van der Waals surface area (Å²) in [5.41, 5.74) is 0.0191. The van der Waals surface area contributed by atoms with Crippen molar-refractivity contribution in [2.24, 2.45) is 17.8 Å². The fraction of sp³-hybridized carbons (Fsp3) is 0.714. The Kier molecular flexibility index (Phi) is 12.8. The van der Waals surface area contributed by atoms with Gasteiger partial charge in [-0.05, 0) is 38.0 Å². The van der Waals surface area contributed by atoms with Gasteiger partial charge < -0.3 is 23.7 Å². The zero-order valence-corrected chi connectivity index (χ0v) is 23.1. The first-order valence-corrected chi connectivity index (χ1v) is 13.3. The van der Waals surface area contributed by atoms with Crippen molar-refractivity contribution in [2.75, 3.05) is 20.5 Å². The van der Waals surface area contributed by atoms with Gasteiger partial charge in [0.25, 0.3) is 0 Å². The van der Waals surface area contributed by atoms with Crippen LogP contribution in [0, 0.1) is 17.8 Å². The van der Waals surface area contributed by atoms with Gasteiger partial charge in [0.2, 0.25) is 6.79 Å². The number of ether oxygens (including phenoxy) is 5. The standard InChI is InChI=1S/C28H43NO8/c1-7-10-21-11-8-9-12-22(28(32)37-19(4)26(21)34-16-18(2)3)15-23(31)25-27(36-17-35-20(5)30)24(33-6)13-14-29-25/h13-14,18-19,21-22,26H,7-12,15-17H2,1-6H3/t19-,21-,22+,26-/m0/s1. The van der Waals surface area contributed by atoms with E-state index in [0.29, 0.717) is 24.9 Å². The summed E-state index contributed by atoms with van der Waals surface area (Å²) in [6, 6.07) is 1.54. The maximum atomic E-state index is 13.3. The molecule has 1 aromatic heterocycles. The minimum absolute atomic E-state index is 0.0191. The molecule has 0 radical (unpaired) electrons. The number of aromatic nitrogens is 1. The van der Waals surface area contributed by atoms with Crippen molar-refractivity contribution < 1.29 is 38.1 Å². The summed E-state index contributed by atoms with van der Waals surface area (Å²) in [6.45, 7) is 9.72. The molecular weight excluding hydrogens is 478 g/mol. The number of cyclic esters (lactones) is 1. The summed E-state index contributed by atoms with van der Waals surface area (Å²) in [6.07, 6.45) is 6.10. The lowest BCUT2D eigenvalue weighted by Crippen LogP contribution is -2.40. The van der Waals surface area contributed by atoms with Crippen molar-refractivity contribution in [3.8, 4) is 11.5 Å². The zero-order valence-electron chi connectivity index (χ0n) is 23.1. The SMILES string of the molecule is CCC[C@H]1CCCC[C@H](CC(=O)c2nccc(OC)c2OCOC(C)=O)C(=O)O[C@@H](C)[C@@H]1OCC(C)C.